The van der Waals surface area contributed by atoms with Gasteiger partial charge in [0, 0.05) is 24.7 Å². The molecule has 0 saturated heterocycles. The fourth-order valence-corrected chi connectivity index (χ4v) is 2.66. The summed E-state index contributed by atoms with van der Waals surface area (Å²) in [6.07, 6.45) is 0. The second-order valence-corrected chi connectivity index (χ2v) is 5.10. The van der Waals surface area contributed by atoms with E-state index in [1.807, 2.05) is 6.07 Å². The van der Waals surface area contributed by atoms with Gasteiger partial charge in [0.05, 0.1) is 0 Å². The zero-order valence-corrected chi connectivity index (χ0v) is 10.7. The van der Waals surface area contributed by atoms with E-state index in [2.05, 4.69) is 29.2 Å². The first-order valence-electron chi connectivity index (χ1n) is 5.99. The van der Waals surface area contributed by atoms with Gasteiger partial charge >= 0.3 is 0 Å². The Morgan fingerprint density at radius 2 is 1.72 bits per heavy atom. The van der Waals surface area contributed by atoms with Crippen molar-refractivity contribution in [2.75, 3.05) is 0 Å². The Balaban J connectivity index is 1.76. The predicted molar refractivity (Wildman–Crippen MR) is 72.5 cm³/mol. The minimum Gasteiger partial charge on any atom is -0.508 e. The largest absolute Gasteiger partial charge is 0.508 e. The minimum absolute atomic E-state index is 0.216. The van der Waals surface area contributed by atoms with E-state index in [1.165, 1.54) is 11.1 Å². The number of rotatable bonds is 2. The molecule has 2 aromatic carbocycles. The van der Waals surface area contributed by atoms with Gasteiger partial charge in [-0.2, -0.15) is 0 Å². The van der Waals surface area contributed by atoms with E-state index in [4.69, 9.17) is 11.6 Å². The van der Waals surface area contributed by atoms with Crippen LogP contribution in [0.3, 0.4) is 0 Å². The third-order valence-electron chi connectivity index (χ3n) is 3.34. The SMILES string of the molecule is Oc1ccc(CN2Cc3ccccc3C2)c(Cl)c1. The van der Waals surface area contributed by atoms with Crippen LogP contribution >= 0.6 is 11.6 Å². The molecule has 0 atom stereocenters. The molecule has 1 N–H and O–H groups in total. The van der Waals surface area contributed by atoms with Gasteiger partial charge in [-0.15, -0.1) is 0 Å². The van der Waals surface area contributed by atoms with E-state index < -0.39 is 0 Å². The van der Waals surface area contributed by atoms with Crippen molar-refractivity contribution >= 4 is 11.6 Å². The highest BCUT2D eigenvalue weighted by Crippen LogP contribution is 2.27. The molecule has 3 heteroatoms. The Hall–Kier alpha value is -1.51. The molecular formula is C15H14ClNO. The fraction of sp³-hybridized carbons (Fsp3) is 0.200. The van der Waals surface area contributed by atoms with Gasteiger partial charge in [0.1, 0.15) is 5.75 Å². The Morgan fingerprint density at radius 3 is 2.33 bits per heavy atom. The van der Waals surface area contributed by atoms with Crippen LogP contribution in [-0.4, -0.2) is 10.0 Å². The summed E-state index contributed by atoms with van der Waals surface area (Å²) in [5.41, 5.74) is 3.85. The second-order valence-electron chi connectivity index (χ2n) is 4.69. The van der Waals surface area contributed by atoms with Crippen molar-refractivity contribution in [3.05, 3.63) is 64.2 Å². The lowest BCUT2D eigenvalue weighted by Gasteiger charge is -2.15. The third-order valence-corrected chi connectivity index (χ3v) is 3.69. The van der Waals surface area contributed by atoms with E-state index in [0.29, 0.717) is 5.02 Å². The number of fused-ring (bicyclic) bond motifs is 1. The van der Waals surface area contributed by atoms with Crippen molar-refractivity contribution in [1.82, 2.24) is 4.90 Å². The maximum atomic E-state index is 9.34. The summed E-state index contributed by atoms with van der Waals surface area (Å²) in [7, 11) is 0. The number of benzene rings is 2. The molecule has 0 saturated carbocycles. The highest BCUT2D eigenvalue weighted by Gasteiger charge is 2.18. The molecule has 1 aliphatic rings. The number of halogens is 1. The molecule has 0 fully saturated rings. The molecule has 0 aliphatic carbocycles. The van der Waals surface area contributed by atoms with Crippen LogP contribution in [0.4, 0.5) is 0 Å². The molecule has 0 radical (unpaired) electrons. The normalized spacial score (nSPS) is 14.7. The molecule has 0 amide bonds. The molecule has 0 unspecified atom stereocenters. The molecule has 2 nitrogen and oxygen atoms in total. The van der Waals surface area contributed by atoms with Crippen LogP contribution in [0, 0.1) is 0 Å². The summed E-state index contributed by atoms with van der Waals surface area (Å²) in [6.45, 7) is 2.74. The minimum atomic E-state index is 0.216. The number of phenolic OH excluding ortho intramolecular Hbond substituents is 1. The average molecular weight is 260 g/mol. The fourth-order valence-electron chi connectivity index (χ4n) is 2.42. The van der Waals surface area contributed by atoms with Crippen molar-refractivity contribution in [1.29, 1.82) is 0 Å². The molecule has 0 aromatic heterocycles. The number of aromatic hydroxyl groups is 1. The third kappa shape index (κ3) is 2.22. The van der Waals surface area contributed by atoms with E-state index in [-0.39, 0.29) is 5.75 Å². The molecule has 18 heavy (non-hydrogen) atoms. The molecule has 2 aromatic rings. The summed E-state index contributed by atoms with van der Waals surface area (Å²) in [5, 5.41) is 9.97. The van der Waals surface area contributed by atoms with E-state index >= 15 is 0 Å². The predicted octanol–water partition coefficient (Wildman–Crippen LogP) is 3.56. The number of hydrogen-bond donors (Lipinski definition) is 1. The maximum Gasteiger partial charge on any atom is 0.117 e. The van der Waals surface area contributed by atoms with Gasteiger partial charge in [-0.05, 0) is 28.8 Å². The zero-order valence-electron chi connectivity index (χ0n) is 9.94. The van der Waals surface area contributed by atoms with Crippen molar-refractivity contribution in [2.45, 2.75) is 19.6 Å². The monoisotopic (exact) mass is 259 g/mol. The van der Waals surface area contributed by atoms with Crippen LogP contribution in [0.1, 0.15) is 16.7 Å². The average Bonchev–Trinajstić information content (AvgIpc) is 2.75. The lowest BCUT2D eigenvalue weighted by Crippen LogP contribution is -2.15. The van der Waals surface area contributed by atoms with Crippen LogP contribution in [0.15, 0.2) is 42.5 Å². The zero-order chi connectivity index (χ0) is 12.5. The van der Waals surface area contributed by atoms with Gasteiger partial charge in [-0.3, -0.25) is 4.90 Å². The topological polar surface area (TPSA) is 23.5 Å². The Labute approximate surface area is 111 Å². The van der Waals surface area contributed by atoms with Gasteiger partial charge in [0.2, 0.25) is 0 Å². The van der Waals surface area contributed by atoms with E-state index in [1.54, 1.807) is 12.1 Å². The lowest BCUT2D eigenvalue weighted by atomic mass is 10.1. The standard InChI is InChI=1S/C15H14ClNO/c16-15-7-14(18)6-5-13(15)10-17-8-11-3-1-2-4-12(11)9-17/h1-7,18H,8-10H2. The molecular weight excluding hydrogens is 246 g/mol. The van der Waals surface area contributed by atoms with Crippen LogP contribution in [0.25, 0.3) is 0 Å². The van der Waals surface area contributed by atoms with Crippen molar-refractivity contribution in [3.8, 4) is 5.75 Å². The molecule has 3 rings (SSSR count). The molecule has 1 aliphatic heterocycles. The smallest absolute Gasteiger partial charge is 0.117 e. The lowest BCUT2D eigenvalue weighted by molar-refractivity contribution is 0.275. The first-order valence-corrected chi connectivity index (χ1v) is 6.37. The summed E-state index contributed by atoms with van der Waals surface area (Å²) in [4.78, 5) is 2.35. The first-order chi connectivity index (χ1) is 8.72. The van der Waals surface area contributed by atoms with Gasteiger partial charge in [-0.1, -0.05) is 41.9 Å². The molecule has 1 heterocycles. The summed E-state index contributed by atoms with van der Waals surface area (Å²) < 4.78 is 0. The quantitative estimate of drug-likeness (QED) is 0.891. The molecule has 92 valence electrons. The van der Waals surface area contributed by atoms with Crippen molar-refractivity contribution in [2.24, 2.45) is 0 Å². The number of nitrogens with zero attached hydrogens (tertiary/aromatic N) is 1. The number of hydrogen-bond acceptors (Lipinski definition) is 2. The second kappa shape index (κ2) is 4.63. The highest BCUT2D eigenvalue weighted by molar-refractivity contribution is 6.31. The Bertz CT molecular complexity index is 557. The summed E-state index contributed by atoms with van der Waals surface area (Å²) in [6, 6.07) is 13.7. The van der Waals surface area contributed by atoms with Gasteiger partial charge < -0.3 is 5.11 Å². The summed E-state index contributed by atoms with van der Waals surface area (Å²) >= 11 is 6.13. The van der Waals surface area contributed by atoms with E-state index in [0.717, 1.165) is 25.2 Å². The van der Waals surface area contributed by atoms with Gasteiger partial charge in [0.25, 0.3) is 0 Å². The van der Waals surface area contributed by atoms with Crippen LogP contribution in [-0.2, 0) is 19.6 Å². The first kappa shape index (κ1) is 11.6. The van der Waals surface area contributed by atoms with Crippen LogP contribution in [0.5, 0.6) is 5.75 Å². The van der Waals surface area contributed by atoms with Crippen molar-refractivity contribution in [3.63, 3.8) is 0 Å². The molecule has 0 bridgehead atoms. The summed E-state index contributed by atoms with van der Waals surface area (Å²) in [5.74, 6) is 0.216. The maximum absolute atomic E-state index is 9.34. The van der Waals surface area contributed by atoms with Gasteiger partial charge in [0.15, 0.2) is 0 Å². The number of phenols is 1. The van der Waals surface area contributed by atoms with E-state index in [9.17, 15) is 5.11 Å². The molecule has 0 spiro atoms. The Morgan fingerprint density at radius 1 is 1.06 bits per heavy atom. The highest BCUT2D eigenvalue weighted by atomic mass is 35.5. The van der Waals surface area contributed by atoms with Gasteiger partial charge in [-0.25, -0.2) is 0 Å². The van der Waals surface area contributed by atoms with Crippen LogP contribution < -0.4 is 0 Å². The van der Waals surface area contributed by atoms with Crippen LogP contribution in [0.2, 0.25) is 5.02 Å². The van der Waals surface area contributed by atoms with Crippen molar-refractivity contribution < 1.29 is 5.11 Å². The Kier molecular flexibility index (Phi) is 2.98.